The fourth-order valence-electron chi connectivity index (χ4n) is 2.40. The first-order chi connectivity index (χ1) is 11.0. The number of carbonyl (C=O) groups excluding carboxylic acids is 1. The predicted octanol–water partition coefficient (Wildman–Crippen LogP) is 3.42. The van der Waals surface area contributed by atoms with E-state index in [0.717, 1.165) is 5.39 Å². The molecule has 1 amide bonds. The van der Waals surface area contributed by atoms with Crippen LogP contribution < -0.4 is 5.32 Å². The first-order valence-corrected chi connectivity index (χ1v) is 7.27. The highest BCUT2D eigenvalue weighted by molar-refractivity contribution is 5.96. The van der Waals surface area contributed by atoms with Crippen molar-refractivity contribution in [3.05, 3.63) is 71.7 Å². The summed E-state index contributed by atoms with van der Waals surface area (Å²) in [5.74, 6) is -0.598. The number of aliphatic hydroxyl groups is 1. The summed E-state index contributed by atoms with van der Waals surface area (Å²) < 4.78 is 18.4. The van der Waals surface area contributed by atoms with Crippen molar-refractivity contribution < 1.29 is 18.7 Å². The molecule has 0 aliphatic carbocycles. The highest BCUT2D eigenvalue weighted by atomic mass is 19.1. The van der Waals surface area contributed by atoms with Crippen molar-refractivity contribution in [2.75, 3.05) is 0 Å². The zero-order chi connectivity index (χ0) is 16.4. The van der Waals surface area contributed by atoms with Gasteiger partial charge in [-0.05, 0) is 36.8 Å². The highest BCUT2D eigenvalue weighted by Gasteiger charge is 2.21. The standard InChI is InChI=1S/C18H16FNO3/c1-11(17(21)12-6-8-14(19)9-7-12)20-18(22)16-10-13-4-2-3-5-15(13)23-16/h2-11,17,21H,1H3,(H,20,22)/t11-,17+/m0/s1. The van der Waals surface area contributed by atoms with Gasteiger partial charge in [-0.2, -0.15) is 0 Å². The molecule has 23 heavy (non-hydrogen) atoms. The van der Waals surface area contributed by atoms with Crippen LogP contribution in [0.1, 0.15) is 29.1 Å². The summed E-state index contributed by atoms with van der Waals surface area (Å²) in [6.07, 6.45) is -0.941. The molecular formula is C18H16FNO3. The number of para-hydroxylation sites is 1. The number of halogens is 1. The maximum atomic E-state index is 12.9. The molecule has 118 valence electrons. The van der Waals surface area contributed by atoms with Crippen LogP contribution in [-0.4, -0.2) is 17.1 Å². The van der Waals surface area contributed by atoms with Crippen LogP contribution in [-0.2, 0) is 0 Å². The summed E-state index contributed by atoms with van der Waals surface area (Å²) >= 11 is 0. The number of amides is 1. The van der Waals surface area contributed by atoms with Crippen LogP contribution in [0.15, 0.2) is 59.0 Å². The van der Waals surface area contributed by atoms with Gasteiger partial charge in [0.15, 0.2) is 5.76 Å². The van der Waals surface area contributed by atoms with E-state index in [-0.39, 0.29) is 11.6 Å². The number of hydrogen-bond acceptors (Lipinski definition) is 3. The number of furan rings is 1. The Morgan fingerprint density at radius 3 is 2.57 bits per heavy atom. The number of carbonyl (C=O) groups is 1. The molecule has 0 unspecified atom stereocenters. The van der Waals surface area contributed by atoms with Gasteiger partial charge in [0.1, 0.15) is 11.4 Å². The van der Waals surface area contributed by atoms with E-state index in [0.29, 0.717) is 11.1 Å². The fraction of sp³-hybridized carbons (Fsp3) is 0.167. The van der Waals surface area contributed by atoms with Gasteiger partial charge < -0.3 is 14.8 Å². The number of fused-ring (bicyclic) bond motifs is 1. The normalized spacial score (nSPS) is 13.7. The van der Waals surface area contributed by atoms with E-state index in [4.69, 9.17) is 4.42 Å². The van der Waals surface area contributed by atoms with Crippen LogP contribution in [0.3, 0.4) is 0 Å². The molecule has 3 aromatic rings. The molecule has 5 heteroatoms. The molecule has 0 radical (unpaired) electrons. The van der Waals surface area contributed by atoms with Crippen molar-refractivity contribution >= 4 is 16.9 Å². The van der Waals surface area contributed by atoms with Gasteiger partial charge in [-0.1, -0.05) is 30.3 Å². The van der Waals surface area contributed by atoms with Crippen LogP contribution in [0.2, 0.25) is 0 Å². The van der Waals surface area contributed by atoms with E-state index in [9.17, 15) is 14.3 Å². The molecule has 4 nitrogen and oxygen atoms in total. The SMILES string of the molecule is C[C@H](NC(=O)c1cc2ccccc2o1)[C@@H](O)c1ccc(F)cc1. The number of aliphatic hydroxyl groups excluding tert-OH is 1. The van der Waals surface area contributed by atoms with E-state index >= 15 is 0 Å². The van der Waals surface area contributed by atoms with Crippen molar-refractivity contribution in [2.24, 2.45) is 0 Å². The summed E-state index contributed by atoms with van der Waals surface area (Å²) in [5, 5.41) is 13.8. The maximum absolute atomic E-state index is 12.9. The zero-order valence-electron chi connectivity index (χ0n) is 12.5. The number of nitrogens with one attached hydrogen (secondary N) is 1. The summed E-state index contributed by atoms with van der Waals surface area (Å²) in [6, 6.07) is 13.9. The lowest BCUT2D eigenvalue weighted by atomic mass is 10.0. The Bertz CT molecular complexity index is 793. The summed E-state index contributed by atoms with van der Waals surface area (Å²) in [6.45, 7) is 1.68. The molecular weight excluding hydrogens is 297 g/mol. The van der Waals surface area contributed by atoms with E-state index in [1.165, 1.54) is 24.3 Å². The van der Waals surface area contributed by atoms with Crippen molar-refractivity contribution in [3.63, 3.8) is 0 Å². The van der Waals surface area contributed by atoms with E-state index in [2.05, 4.69) is 5.32 Å². The van der Waals surface area contributed by atoms with Crippen molar-refractivity contribution in [2.45, 2.75) is 19.1 Å². The van der Waals surface area contributed by atoms with Gasteiger partial charge in [0, 0.05) is 5.39 Å². The third-order valence-electron chi connectivity index (χ3n) is 3.69. The van der Waals surface area contributed by atoms with Gasteiger partial charge in [0.25, 0.3) is 5.91 Å². The molecule has 2 N–H and O–H groups in total. The molecule has 0 aliphatic rings. The Morgan fingerprint density at radius 1 is 1.17 bits per heavy atom. The fourth-order valence-corrected chi connectivity index (χ4v) is 2.40. The van der Waals surface area contributed by atoms with Gasteiger partial charge in [-0.25, -0.2) is 4.39 Å². The van der Waals surface area contributed by atoms with E-state index in [1.807, 2.05) is 18.2 Å². The topological polar surface area (TPSA) is 62.5 Å². The average Bonchev–Trinajstić information content (AvgIpc) is 2.99. The lowest BCUT2D eigenvalue weighted by Gasteiger charge is -2.20. The van der Waals surface area contributed by atoms with Gasteiger partial charge >= 0.3 is 0 Å². The predicted molar refractivity (Wildman–Crippen MR) is 84.5 cm³/mol. The van der Waals surface area contributed by atoms with E-state index in [1.54, 1.807) is 19.1 Å². The van der Waals surface area contributed by atoms with Gasteiger partial charge in [-0.15, -0.1) is 0 Å². The monoisotopic (exact) mass is 313 g/mol. The van der Waals surface area contributed by atoms with Crippen molar-refractivity contribution in [3.8, 4) is 0 Å². The quantitative estimate of drug-likeness (QED) is 0.776. The molecule has 0 spiro atoms. The Labute approximate surface area is 132 Å². The van der Waals surface area contributed by atoms with Crippen LogP contribution in [0, 0.1) is 5.82 Å². The summed E-state index contributed by atoms with van der Waals surface area (Å²) in [5.41, 5.74) is 1.16. The van der Waals surface area contributed by atoms with Gasteiger partial charge in [0.05, 0.1) is 12.1 Å². The molecule has 1 aromatic heterocycles. The summed E-state index contributed by atoms with van der Waals surface area (Å²) in [4.78, 5) is 12.2. The van der Waals surface area contributed by atoms with Crippen LogP contribution in [0.4, 0.5) is 4.39 Å². The number of rotatable bonds is 4. The second-order valence-corrected chi connectivity index (χ2v) is 5.41. The third kappa shape index (κ3) is 3.24. The van der Waals surface area contributed by atoms with Gasteiger partial charge in [-0.3, -0.25) is 4.79 Å². The van der Waals surface area contributed by atoms with Gasteiger partial charge in [0.2, 0.25) is 0 Å². The van der Waals surface area contributed by atoms with Crippen molar-refractivity contribution in [1.29, 1.82) is 0 Å². The maximum Gasteiger partial charge on any atom is 0.287 e. The average molecular weight is 313 g/mol. The smallest absolute Gasteiger partial charge is 0.287 e. The molecule has 0 saturated heterocycles. The van der Waals surface area contributed by atoms with Crippen LogP contribution >= 0.6 is 0 Å². The summed E-state index contributed by atoms with van der Waals surface area (Å²) in [7, 11) is 0. The molecule has 1 heterocycles. The largest absolute Gasteiger partial charge is 0.451 e. The second kappa shape index (κ2) is 6.22. The lowest BCUT2D eigenvalue weighted by Crippen LogP contribution is -2.36. The first-order valence-electron chi connectivity index (χ1n) is 7.27. The molecule has 3 rings (SSSR count). The lowest BCUT2D eigenvalue weighted by molar-refractivity contribution is 0.0828. The molecule has 2 atom stereocenters. The Balaban J connectivity index is 1.72. The molecule has 0 fully saturated rings. The van der Waals surface area contributed by atoms with Crippen LogP contribution in [0.25, 0.3) is 11.0 Å². The molecule has 0 aliphatic heterocycles. The zero-order valence-corrected chi connectivity index (χ0v) is 12.5. The Kier molecular flexibility index (Phi) is 4.12. The Hall–Kier alpha value is -2.66. The van der Waals surface area contributed by atoms with Crippen molar-refractivity contribution in [1.82, 2.24) is 5.32 Å². The minimum absolute atomic E-state index is 0.185. The first kappa shape index (κ1) is 15.2. The minimum atomic E-state index is -0.941. The number of hydrogen-bond donors (Lipinski definition) is 2. The van der Waals surface area contributed by atoms with E-state index < -0.39 is 18.1 Å². The Morgan fingerprint density at radius 2 is 1.87 bits per heavy atom. The second-order valence-electron chi connectivity index (χ2n) is 5.41. The molecule has 0 saturated carbocycles. The molecule has 0 bridgehead atoms. The van der Waals surface area contributed by atoms with Crippen LogP contribution in [0.5, 0.6) is 0 Å². The number of benzene rings is 2. The molecule has 2 aromatic carbocycles. The third-order valence-corrected chi connectivity index (χ3v) is 3.69. The minimum Gasteiger partial charge on any atom is -0.451 e. The highest BCUT2D eigenvalue weighted by Crippen LogP contribution is 2.20.